The van der Waals surface area contributed by atoms with Crippen LogP contribution in [0.3, 0.4) is 0 Å². The van der Waals surface area contributed by atoms with Crippen LogP contribution in [0.4, 0.5) is 0 Å². The van der Waals surface area contributed by atoms with Crippen LogP contribution in [0.1, 0.15) is 53.4 Å². The number of hydrogen-bond acceptors (Lipinski definition) is 3. The minimum absolute atomic E-state index is 0.236. The molecule has 4 nitrogen and oxygen atoms in total. The van der Waals surface area contributed by atoms with Crippen molar-refractivity contribution in [3.63, 3.8) is 0 Å². The van der Waals surface area contributed by atoms with Crippen molar-refractivity contribution in [2.24, 2.45) is 17.6 Å². The van der Waals surface area contributed by atoms with Crippen molar-refractivity contribution in [2.75, 3.05) is 26.2 Å². The average molecular weight is 283 g/mol. The van der Waals surface area contributed by atoms with Crippen molar-refractivity contribution < 1.29 is 4.79 Å². The lowest BCUT2D eigenvalue weighted by molar-refractivity contribution is -0.124. The monoisotopic (exact) mass is 283 g/mol. The van der Waals surface area contributed by atoms with E-state index in [1.54, 1.807) is 0 Å². The molecule has 4 heteroatoms. The van der Waals surface area contributed by atoms with Crippen molar-refractivity contribution in [1.29, 1.82) is 0 Å². The topological polar surface area (TPSA) is 58.4 Å². The van der Waals surface area contributed by atoms with E-state index in [-0.39, 0.29) is 5.91 Å². The molecule has 1 saturated heterocycles. The molecule has 2 unspecified atom stereocenters. The van der Waals surface area contributed by atoms with Gasteiger partial charge in [-0.1, -0.05) is 20.8 Å². The maximum absolute atomic E-state index is 11.5. The van der Waals surface area contributed by atoms with Crippen LogP contribution < -0.4 is 11.1 Å². The van der Waals surface area contributed by atoms with Gasteiger partial charge in [-0.2, -0.15) is 0 Å². The van der Waals surface area contributed by atoms with Gasteiger partial charge in [0.2, 0.25) is 5.91 Å². The van der Waals surface area contributed by atoms with E-state index < -0.39 is 5.54 Å². The first-order chi connectivity index (χ1) is 9.39. The van der Waals surface area contributed by atoms with E-state index in [2.05, 4.69) is 24.1 Å². The highest BCUT2D eigenvalue weighted by Gasteiger charge is 2.29. The number of amides is 1. The standard InChI is InChI=1S/C16H33N3O/c1-5-18-16(4,15(17)20)9-6-7-10-19-11-8-14(12-19)13(2)3/h13-14,18H,5-12H2,1-4H3,(H2,17,20). The molecule has 0 aromatic heterocycles. The lowest BCUT2D eigenvalue weighted by Gasteiger charge is -2.27. The van der Waals surface area contributed by atoms with Crippen LogP contribution in [0, 0.1) is 11.8 Å². The molecule has 1 heterocycles. The summed E-state index contributed by atoms with van der Waals surface area (Å²) in [5.74, 6) is 1.43. The van der Waals surface area contributed by atoms with Crippen molar-refractivity contribution >= 4 is 5.91 Å². The van der Waals surface area contributed by atoms with E-state index in [9.17, 15) is 4.79 Å². The Morgan fingerprint density at radius 1 is 1.45 bits per heavy atom. The highest BCUT2D eigenvalue weighted by Crippen LogP contribution is 2.24. The van der Waals surface area contributed by atoms with Gasteiger partial charge in [-0.3, -0.25) is 4.79 Å². The Morgan fingerprint density at radius 3 is 2.65 bits per heavy atom. The second-order valence-electron chi connectivity index (χ2n) is 6.78. The van der Waals surface area contributed by atoms with Gasteiger partial charge < -0.3 is 16.0 Å². The number of carbonyl (C=O) groups excluding carboxylic acids is 1. The molecule has 0 bridgehead atoms. The fourth-order valence-electron chi connectivity index (χ4n) is 3.11. The number of hydrogen-bond donors (Lipinski definition) is 2. The fourth-order valence-corrected chi connectivity index (χ4v) is 3.11. The molecule has 0 radical (unpaired) electrons. The summed E-state index contributed by atoms with van der Waals surface area (Å²) in [5, 5.41) is 3.22. The summed E-state index contributed by atoms with van der Waals surface area (Å²) in [6.45, 7) is 13.0. The van der Waals surface area contributed by atoms with Crippen molar-refractivity contribution in [3.05, 3.63) is 0 Å². The van der Waals surface area contributed by atoms with Crippen LogP contribution in [0.15, 0.2) is 0 Å². The van der Waals surface area contributed by atoms with Crippen LogP contribution in [-0.2, 0) is 4.79 Å². The smallest absolute Gasteiger partial charge is 0.237 e. The van der Waals surface area contributed by atoms with Gasteiger partial charge in [0.15, 0.2) is 0 Å². The average Bonchev–Trinajstić information content (AvgIpc) is 2.84. The van der Waals surface area contributed by atoms with E-state index >= 15 is 0 Å². The summed E-state index contributed by atoms with van der Waals surface area (Å²) in [6, 6.07) is 0. The molecule has 20 heavy (non-hydrogen) atoms. The number of rotatable bonds is 9. The maximum Gasteiger partial charge on any atom is 0.237 e. The third-order valence-electron chi connectivity index (χ3n) is 4.76. The third kappa shape index (κ3) is 5.06. The predicted octanol–water partition coefficient (Wildman–Crippen LogP) is 1.99. The number of nitrogens with zero attached hydrogens (tertiary/aromatic N) is 1. The van der Waals surface area contributed by atoms with Gasteiger partial charge in [0.05, 0.1) is 5.54 Å². The van der Waals surface area contributed by atoms with Gasteiger partial charge in [-0.05, 0) is 64.1 Å². The first-order valence-electron chi connectivity index (χ1n) is 8.16. The van der Waals surface area contributed by atoms with Crippen LogP contribution in [0.2, 0.25) is 0 Å². The van der Waals surface area contributed by atoms with Crippen molar-refractivity contribution in [3.8, 4) is 0 Å². The highest BCUT2D eigenvalue weighted by molar-refractivity contribution is 5.84. The number of carbonyl (C=O) groups is 1. The van der Waals surface area contributed by atoms with Crippen LogP contribution in [0.5, 0.6) is 0 Å². The lowest BCUT2D eigenvalue weighted by atomic mass is 9.94. The summed E-state index contributed by atoms with van der Waals surface area (Å²) in [4.78, 5) is 14.1. The lowest BCUT2D eigenvalue weighted by Crippen LogP contribution is -2.53. The second kappa shape index (κ2) is 7.99. The second-order valence-corrected chi connectivity index (χ2v) is 6.78. The minimum Gasteiger partial charge on any atom is -0.368 e. The number of primary amides is 1. The minimum atomic E-state index is -0.541. The molecule has 3 N–H and O–H groups in total. The van der Waals surface area contributed by atoms with Crippen molar-refractivity contribution in [2.45, 2.75) is 58.9 Å². The van der Waals surface area contributed by atoms with E-state index in [1.165, 1.54) is 19.5 Å². The Hall–Kier alpha value is -0.610. The highest BCUT2D eigenvalue weighted by atomic mass is 16.1. The van der Waals surface area contributed by atoms with Gasteiger partial charge >= 0.3 is 0 Å². The Kier molecular flexibility index (Phi) is 6.96. The van der Waals surface area contributed by atoms with E-state index in [0.29, 0.717) is 0 Å². The largest absolute Gasteiger partial charge is 0.368 e. The number of unbranched alkanes of at least 4 members (excludes halogenated alkanes) is 1. The zero-order valence-corrected chi connectivity index (χ0v) is 13.7. The molecule has 1 aliphatic heterocycles. The Balaban J connectivity index is 2.23. The molecule has 0 spiro atoms. The first-order valence-corrected chi connectivity index (χ1v) is 8.16. The fraction of sp³-hybridized carbons (Fsp3) is 0.938. The molecule has 118 valence electrons. The zero-order valence-electron chi connectivity index (χ0n) is 13.7. The SMILES string of the molecule is CCNC(C)(CCCCN1CCC(C(C)C)C1)C(N)=O. The molecule has 1 fully saturated rings. The number of nitrogens with one attached hydrogen (secondary N) is 1. The van der Waals surface area contributed by atoms with Crippen LogP contribution in [-0.4, -0.2) is 42.5 Å². The molecule has 1 aliphatic rings. The Labute approximate surface area is 124 Å². The number of likely N-dealkylation sites (N-methyl/N-ethyl adjacent to an activating group) is 1. The van der Waals surface area contributed by atoms with Gasteiger partial charge in [0.25, 0.3) is 0 Å². The number of likely N-dealkylation sites (tertiary alicyclic amines) is 1. The molecule has 0 aliphatic carbocycles. The summed E-state index contributed by atoms with van der Waals surface area (Å²) in [7, 11) is 0. The van der Waals surface area contributed by atoms with Crippen LogP contribution in [0.25, 0.3) is 0 Å². The first kappa shape index (κ1) is 17.4. The summed E-state index contributed by atoms with van der Waals surface area (Å²) < 4.78 is 0. The molecular formula is C16H33N3O. The quantitative estimate of drug-likeness (QED) is 0.636. The van der Waals surface area contributed by atoms with Gasteiger partial charge in [0, 0.05) is 6.54 Å². The molecule has 1 rings (SSSR count). The number of nitrogens with two attached hydrogens (primary N) is 1. The predicted molar refractivity (Wildman–Crippen MR) is 84.5 cm³/mol. The van der Waals surface area contributed by atoms with E-state index in [4.69, 9.17) is 5.73 Å². The molecule has 2 atom stereocenters. The van der Waals surface area contributed by atoms with Crippen molar-refractivity contribution in [1.82, 2.24) is 10.2 Å². The van der Waals surface area contributed by atoms with Gasteiger partial charge in [-0.25, -0.2) is 0 Å². The molecule has 0 saturated carbocycles. The molecule has 0 aromatic carbocycles. The third-order valence-corrected chi connectivity index (χ3v) is 4.76. The summed E-state index contributed by atoms with van der Waals surface area (Å²) in [5.41, 5.74) is 4.96. The van der Waals surface area contributed by atoms with Gasteiger partial charge in [0.1, 0.15) is 0 Å². The summed E-state index contributed by atoms with van der Waals surface area (Å²) in [6.07, 6.45) is 4.38. The normalized spacial score (nSPS) is 23.1. The van der Waals surface area contributed by atoms with E-state index in [1.807, 2.05) is 13.8 Å². The summed E-state index contributed by atoms with van der Waals surface area (Å²) >= 11 is 0. The Morgan fingerprint density at radius 2 is 2.15 bits per heavy atom. The van der Waals surface area contributed by atoms with E-state index in [0.717, 1.165) is 44.2 Å². The molecule has 1 amide bonds. The van der Waals surface area contributed by atoms with Crippen LogP contribution >= 0.6 is 0 Å². The molecular weight excluding hydrogens is 250 g/mol. The van der Waals surface area contributed by atoms with Gasteiger partial charge in [-0.15, -0.1) is 0 Å². The Bertz CT molecular complexity index is 306. The maximum atomic E-state index is 11.5. The molecule has 0 aromatic rings. The zero-order chi connectivity index (χ0) is 15.2.